The van der Waals surface area contributed by atoms with Crippen molar-refractivity contribution in [3.8, 4) is 17.1 Å². The van der Waals surface area contributed by atoms with E-state index in [0.29, 0.717) is 0 Å². The van der Waals surface area contributed by atoms with Crippen molar-refractivity contribution in [1.82, 2.24) is 14.8 Å². The van der Waals surface area contributed by atoms with E-state index in [9.17, 15) is 0 Å². The lowest BCUT2D eigenvalue weighted by atomic mass is 10.1. The minimum absolute atomic E-state index is 0.720. The number of hydrogen-bond acceptors (Lipinski definition) is 2. The molecule has 0 aliphatic carbocycles. The predicted octanol–water partition coefficient (Wildman–Crippen LogP) is 5.05. The Labute approximate surface area is 139 Å². The Balaban J connectivity index is 1.98. The molecule has 0 bridgehead atoms. The molecule has 2 aromatic heterocycles. The van der Waals surface area contributed by atoms with E-state index in [1.54, 1.807) is 0 Å². The molecule has 0 aliphatic heterocycles. The van der Waals surface area contributed by atoms with Crippen LogP contribution in [0.4, 0.5) is 0 Å². The van der Waals surface area contributed by atoms with Gasteiger partial charge in [0.1, 0.15) is 0 Å². The number of benzene rings is 2. The molecule has 23 heavy (non-hydrogen) atoms. The van der Waals surface area contributed by atoms with Gasteiger partial charge in [-0.3, -0.25) is 0 Å². The van der Waals surface area contributed by atoms with Crippen LogP contribution in [-0.2, 0) is 0 Å². The van der Waals surface area contributed by atoms with Crippen molar-refractivity contribution in [3.63, 3.8) is 0 Å². The van der Waals surface area contributed by atoms with E-state index in [1.165, 1.54) is 0 Å². The third-order valence-corrected chi connectivity index (χ3v) is 4.04. The molecule has 2 aromatic carbocycles. The average molecular weight is 320 g/mol. The number of nitrogens with zero attached hydrogens (tertiary/aromatic N) is 3. The van der Waals surface area contributed by atoms with Crippen molar-refractivity contribution in [3.05, 3.63) is 77.6 Å². The van der Waals surface area contributed by atoms with Crippen LogP contribution in [0.15, 0.2) is 67.0 Å². The molecule has 0 radical (unpaired) electrons. The molecular weight excluding hydrogens is 306 g/mol. The van der Waals surface area contributed by atoms with Crippen LogP contribution in [0.25, 0.3) is 27.8 Å². The maximum absolute atomic E-state index is 5.99. The van der Waals surface area contributed by atoms with Crippen LogP contribution < -0.4 is 0 Å². The number of rotatable bonds is 2. The molecule has 2 heterocycles. The van der Waals surface area contributed by atoms with Crippen molar-refractivity contribution in [2.45, 2.75) is 6.92 Å². The van der Waals surface area contributed by atoms with Gasteiger partial charge < -0.3 is 0 Å². The van der Waals surface area contributed by atoms with Crippen molar-refractivity contribution in [1.29, 1.82) is 0 Å². The normalized spacial score (nSPS) is 11.0. The first-order valence-electron chi connectivity index (χ1n) is 7.38. The molecule has 4 rings (SSSR count). The van der Waals surface area contributed by atoms with Crippen LogP contribution in [0.1, 0.15) is 5.56 Å². The summed E-state index contributed by atoms with van der Waals surface area (Å²) in [6.45, 7) is 2.02. The van der Waals surface area contributed by atoms with Gasteiger partial charge in [0.2, 0.25) is 0 Å². The first kappa shape index (κ1) is 14.0. The summed E-state index contributed by atoms with van der Waals surface area (Å²) in [6, 6.07) is 18.0. The zero-order valence-corrected chi connectivity index (χ0v) is 13.3. The Bertz CT molecular complexity index is 987. The number of aryl methyl sites for hydroxylation is 1. The van der Waals surface area contributed by atoms with E-state index in [1.807, 2.05) is 60.4 Å². The van der Waals surface area contributed by atoms with Gasteiger partial charge in [-0.1, -0.05) is 48.0 Å². The van der Waals surface area contributed by atoms with Gasteiger partial charge in [0.25, 0.3) is 0 Å². The summed E-state index contributed by atoms with van der Waals surface area (Å²) in [5.74, 6) is 0.834. The molecule has 112 valence electrons. The minimum Gasteiger partial charge on any atom is -0.228 e. The fourth-order valence-corrected chi connectivity index (χ4v) is 2.78. The number of fused-ring (bicyclic) bond motifs is 1. The Morgan fingerprint density at radius 3 is 2.52 bits per heavy atom. The lowest BCUT2D eigenvalue weighted by Gasteiger charge is -2.10. The lowest BCUT2D eigenvalue weighted by molar-refractivity contribution is 0.857. The van der Waals surface area contributed by atoms with Gasteiger partial charge in [0.05, 0.1) is 11.9 Å². The van der Waals surface area contributed by atoms with Crippen LogP contribution in [-0.4, -0.2) is 14.8 Å². The van der Waals surface area contributed by atoms with E-state index in [0.717, 1.165) is 38.4 Å². The van der Waals surface area contributed by atoms with E-state index < -0.39 is 0 Å². The van der Waals surface area contributed by atoms with Gasteiger partial charge in [0, 0.05) is 22.2 Å². The van der Waals surface area contributed by atoms with Crippen molar-refractivity contribution in [2.75, 3.05) is 0 Å². The molecule has 0 spiro atoms. The highest BCUT2D eigenvalue weighted by molar-refractivity contribution is 6.30. The Kier molecular flexibility index (Phi) is 3.36. The SMILES string of the molecule is Cc1cnn(-c2nc(-c3ccc(Cl)cc3)cc3ccccc23)c1. The van der Waals surface area contributed by atoms with Crippen molar-refractivity contribution < 1.29 is 0 Å². The van der Waals surface area contributed by atoms with E-state index in [4.69, 9.17) is 16.6 Å². The fraction of sp³-hybridized carbons (Fsp3) is 0.0526. The standard InChI is InChI=1S/C19H14ClN3/c1-13-11-21-23(12-13)19-17-5-3-2-4-15(17)10-18(22-19)14-6-8-16(20)9-7-14/h2-12H,1H3. The van der Waals surface area contributed by atoms with Gasteiger partial charge in [-0.2, -0.15) is 5.10 Å². The number of pyridine rings is 1. The van der Waals surface area contributed by atoms with Gasteiger partial charge >= 0.3 is 0 Å². The van der Waals surface area contributed by atoms with Crippen molar-refractivity contribution in [2.24, 2.45) is 0 Å². The quantitative estimate of drug-likeness (QED) is 0.517. The highest BCUT2D eigenvalue weighted by atomic mass is 35.5. The highest BCUT2D eigenvalue weighted by Crippen LogP contribution is 2.27. The number of hydrogen-bond donors (Lipinski definition) is 0. The van der Waals surface area contributed by atoms with E-state index >= 15 is 0 Å². The first-order valence-corrected chi connectivity index (χ1v) is 7.76. The van der Waals surface area contributed by atoms with Gasteiger partial charge in [-0.15, -0.1) is 0 Å². The molecule has 0 saturated carbocycles. The summed E-state index contributed by atoms with van der Waals surface area (Å²) in [5, 5.41) is 7.35. The van der Waals surface area contributed by atoms with E-state index in [-0.39, 0.29) is 0 Å². The minimum atomic E-state index is 0.720. The van der Waals surface area contributed by atoms with Crippen LogP contribution in [0.5, 0.6) is 0 Å². The number of halogens is 1. The molecule has 0 unspecified atom stereocenters. The molecule has 0 saturated heterocycles. The summed E-state index contributed by atoms with van der Waals surface area (Å²) in [5.41, 5.74) is 3.04. The van der Waals surface area contributed by atoms with Crippen LogP contribution >= 0.6 is 11.6 Å². The maximum atomic E-state index is 5.99. The van der Waals surface area contributed by atoms with Gasteiger partial charge in [0.15, 0.2) is 5.82 Å². The molecule has 4 aromatic rings. The smallest absolute Gasteiger partial charge is 0.161 e. The maximum Gasteiger partial charge on any atom is 0.161 e. The zero-order valence-electron chi connectivity index (χ0n) is 12.6. The van der Waals surface area contributed by atoms with Gasteiger partial charge in [-0.25, -0.2) is 9.67 Å². The summed E-state index contributed by atoms with van der Waals surface area (Å²) in [6.07, 6.45) is 3.83. The molecule has 0 amide bonds. The Morgan fingerprint density at radius 1 is 1.00 bits per heavy atom. The van der Waals surface area contributed by atoms with E-state index in [2.05, 4.69) is 23.3 Å². The predicted molar refractivity (Wildman–Crippen MR) is 94.0 cm³/mol. The largest absolute Gasteiger partial charge is 0.228 e. The second-order valence-corrected chi connectivity index (χ2v) is 5.96. The molecule has 0 N–H and O–H groups in total. The zero-order chi connectivity index (χ0) is 15.8. The molecule has 3 nitrogen and oxygen atoms in total. The van der Waals surface area contributed by atoms with Crippen LogP contribution in [0.2, 0.25) is 5.02 Å². The number of aromatic nitrogens is 3. The fourth-order valence-electron chi connectivity index (χ4n) is 2.65. The average Bonchev–Trinajstić information content (AvgIpc) is 3.01. The molecule has 4 heteroatoms. The highest BCUT2D eigenvalue weighted by Gasteiger charge is 2.10. The summed E-state index contributed by atoms with van der Waals surface area (Å²) in [4.78, 5) is 4.84. The first-order chi connectivity index (χ1) is 11.2. The second kappa shape index (κ2) is 5.52. The summed E-state index contributed by atoms with van der Waals surface area (Å²) >= 11 is 5.99. The Hall–Kier alpha value is -2.65. The van der Waals surface area contributed by atoms with Crippen LogP contribution in [0.3, 0.4) is 0 Å². The monoisotopic (exact) mass is 319 g/mol. The summed E-state index contributed by atoms with van der Waals surface area (Å²) in [7, 11) is 0. The third kappa shape index (κ3) is 2.60. The third-order valence-electron chi connectivity index (χ3n) is 3.79. The summed E-state index contributed by atoms with van der Waals surface area (Å²) < 4.78 is 1.83. The Morgan fingerprint density at radius 2 is 1.78 bits per heavy atom. The molecule has 0 fully saturated rings. The van der Waals surface area contributed by atoms with Gasteiger partial charge in [-0.05, 0) is 36.1 Å². The lowest BCUT2D eigenvalue weighted by Crippen LogP contribution is -2.00. The van der Waals surface area contributed by atoms with Crippen LogP contribution in [0, 0.1) is 6.92 Å². The second-order valence-electron chi connectivity index (χ2n) is 5.52. The topological polar surface area (TPSA) is 30.7 Å². The van der Waals surface area contributed by atoms with Crippen molar-refractivity contribution >= 4 is 22.4 Å². The molecule has 0 atom stereocenters. The molecule has 0 aliphatic rings. The molecular formula is C19H14ClN3.